The predicted molar refractivity (Wildman–Crippen MR) is 162 cm³/mol. The lowest BCUT2D eigenvalue weighted by Gasteiger charge is -2.09. The summed E-state index contributed by atoms with van der Waals surface area (Å²) in [4.78, 5) is 22.5. The summed E-state index contributed by atoms with van der Waals surface area (Å²) in [5, 5.41) is 20.0. The summed E-state index contributed by atoms with van der Waals surface area (Å²) in [6.07, 6.45) is 8.61. The highest BCUT2D eigenvalue weighted by atomic mass is 35.5. The molecule has 1 heterocycles. The van der Waals surface area contributed by atoms with E-state index in [0.717, 1.165) is 51.7 Å². The van der Waals surface area contributed by atoms with Crippen molar-refractivity contribution in [3.63, 3.8) is 0 Å². The molecule has 0 fully saturated rings. The number of hydrogen-bond acceptors (Lipinski definition) is 4. The lowest BCUT2D eigenvalue weighted by Crippen LogP contribution is -2.07. The van der Waals surface area contributed by atoms with Crippen LogP contribution in [0.3, 0.4) is 0 Å². The molecule has 214 valence electrons. The summed E-state index contributed by atoms with van der Waals surface area (Å²) < 4.78 is 13.4. The van der Waals surface area contributed by atoms with E-state index in [1.807, 2.05) is 85.9 Å². The van der Waals surface area contributed by atoms with Gasteiger partial charge in [-0.1, -0.05) is 60.2 Å². The number of aryl methyl sites for hydroxylation is 2. The molecule has 0 radical (unpaired) electrons. The van der Waals surface area contributed by atoms with Crippen molar-refractivity contribution in [3.8, 4) is 11.5 Å². The maximum absolute atomic E-state index is 11.5. The highest BCUT2D eigenvalue weighted by molar-refractivity contribution is 6.32. The highest BCUT2D eigenvalue weighted by Crippen LogP contribution is 2.28. The molecule has 3 aromatic carbocycles. The number of nitrogens with zero attached hydrogens (tertiary/aromatic N) is 1. The van der Waals surface area contributed by atoms with Crippen LogP contribution in [-0.2, 0) is 22.6 Å². The van der Waals surface area contributed by atoms with Gasteiger partial charge in [-0.3, -0.25) is 9.59 Å². The molecule has 2 N–H and O–H groups in total. The topological polar surface area (TPSA) is 98.0 Å². The van der Waals surface area contributed by atoms with Gasteiger partial charge in [-0.05, 0) is 79.1 Å². The molecule has 7 nitrogen and oxygen atoms in total. The number of halogens is 1. The van der Waals surface area contributed by atoms with E-state index in [1.54, 1.807) is 4.57 Å². The van der Waals surface area contributed by atoms with Gasteiger partial charge in [0.25, 0.3) is 0 Å². The Morgan fingerprint density at radius 1 is 0.902 bits per heavy atom. The second-order valence-corrected chi connectivity index (χ2v) is 10.3. The fourth-order valence-electron chi connectivity index (χ4n) is 4.66. The number of carboxylic acid groups (broad SMARTS) is 2. The van der Waals surface area contributed by atoms with Gasteiger partial charge in [0.1, 0.15) is 18.0 Å². The van der Waals surface area contributed by atoms with Crippen LogP contribution in [0.1, 0.15) is 47.9 Å². The molecule has 0 spiro atoms. The van der Waals surface area contributed by atoms with Gasteiger partial charge in [-0.2, -0.15) is 0 Å². The van der Waals surface area contributed by atoms with Gasteiger partial charge in [0, 0.05) is 18.0 Å². The molecule has 0 saturated carbocycles. The Balaban J connectivity index is 1.34. The third kappa shape index (κ3) is 8.63. The highest BCUT2D eigenvalue weighted by Gasteiger charge is 2.13. The lowest BCUT2D eigenvalue weighted by molar-refractivity contribution is -0.138. The van der Waals surface area contributed by atoms with Crippen LogP contribution in [0.25, 0.3) is 23.1 Å². The van der Waals surface area contributed by atoms with Crippen molar-refractivity contribution in [1.82, 2.24) is 4.57 Å². The zero-order valence-electron chi connectivity index (χ0n) is 23.0. The molecule has 0 aliphatic heterocycles. The summed E-state index contributed by atoms with van der Waals surface area (Å²) in [5.41, 5.74) is 4.75. The molecule has 0 saturated heterocycles. The molecule has 41 heavy (non-hydrogen) atoms. The number of aromatic nitrogens is 1. The SMILES string of the molecule is Cc1ccc(Cl)c(OCCCCOc2ccc(C=Cc3cccc4c(CCCC(=O)O)cn(CC(=O)O)c34)cc2)c1. The smallest absolute Gasteiger partial charge is 0.323 e. The van der Waals surface area contributed by atoms with Crippen molar-refractivity contribution in [1.29, 1.82) is 0 Å². The largest absolute Gasteiger partial charge is 0.494 e. The molecule has 0 unspecified atom stereocenters. The second kappa shape index (κ2) is 14.4. The van der Waals surface area contributed by atoms with Gasteiger partial charge in [0.05, 0.1) is 23.8 Å². The number of carboxylic acids is 2. The molecule has 0 aliphatic carbocycles. The fourth-order valence-corrected chi connectivity index (χ4v) is 4.83. The van der Waals surface area contributed by atoms with Crippen molar-refractivity contribution >= 4 is 46.6 Å². The zero-order valence-corrected chi connectivity index (χ0v) is 23.8. The second-order valence-electron chi connectivity index (χ2n) is 9.91. The summed E-state index contributed by atoms with van der Waals surface area (Å²) in [6.45, 7) is 2.99. The van der Waals surface area contributed by atoms with E-state index in [-0.39, 0.29) is 13.0 Å². The number of carbonyl (C=O) groups is 2. The van der Waals surface area contributed by atoms with Gasteiger partial charge < -0.3 is 24.3 Å². The maximum Gasteiger partial charge on any atom is 0.323 e. The minimum atomic E-state index is -0.934. The molecule has 1 aromatic heterocycles. The summed E-state index contributed by atoms with van der Waals surface area (Å²) in [7, 11) is 0. The number of unbranched alkanes of at least 4 members (excludes halogenated alkanes) is 1. The Bertz CT molecular complexity index is 1520. The van der Waals surface area contributed by atoms with Gasteiger partial charge in [0.2, 0.25) is 0 Å². The number of rotatable bonds is 15. The first-order chi connectivity index (χ1) is 19.8. The van der Waals surface area contributed by atoms with Crippen LogP contribution in [0.4, 0.5) is 0 Å². The molecule has 0 amide bonds. The Morgan fingerprint density at radius 2 is 1.66 bits per heavy atom. The average molecular weight is 576 g/mol. The number of fused-ring (bicyclic) bond motifs is 1. The molecule has 0 aliphatic rings. The fraction of sp³-hybridized carbons (Fsp3) is 0.273. The number of benzene rings is 3. The minimum Gasteiger partial charge on any atom is -0.494 e. The van der Waals surface area contributed by atoms with Crippen LogP contribution in [0, 0.1) is 6.92 Å². The molecule has 0 bridgehead atoms. The van der Waals surface area contributed by atoms with Crippen molar-refractivity contribution < 1.29 is 29.3 Å². The third-order valence-electron chi connectivity index (χ3n) is 6.64. The van der Waals surface area contributed by atoms with Gasteiger partial charge in [-0.15, -0.1) is 0 Å². The minimum absolute atomic E-state index is 0.0721. The van der Waals surface area contributed by atoms with Crippen LogP contribution < -0.4 is 9.47 Å². The van der Waals surface area contributed by atoms with E-state index in [1.165, 1.54) is 0 Å². The van der Waals surface area contributed by atoms with Crippen LogP contribution in [0.2, 0.25) is 5.02 Å². The number of aliphatic carboxylic acids is 2. The summed E-state index contributed by atoms with van der Waals surface area (Å²) in [6, 6.07) is 19.4. The number of hydrogen-bond donors (Lipinski definition) is 2. The van der Waals surface area contributed by atoms with E-state index in [2.05, 4.69) is 0 Å². The number of para-hydroxylation sites is 1. The van der Waals surface area contributed by atoms with Crippen molar-refractivity contribution in [2.45, 2.75) is 45.6 Å². The van der Waals surface area contributed by atoms with Crippen molar-refractivity contribution in [2.24, 2.45) is 0 Å². The van der Waals surface area contributed by atoms with Gasteiger partial charge in [-0.25, -0.2) is 0 Å². The van der Waals surface area contributed by atoms with Crippen LogP contribution in [-0.4, -0.2) is 39.9 Å². The molecular weight excluding hydrogens is 542 g/mol. The normalized spacial score (nSPS) is 11.3. The monoisotopic (exact) mass is 575 g/mol. The molecule has 4 rings (SSSR count). The maximum atomic E-state index is 11.5. The first-order valence-corrected chi connectivity index (χ1v) is 14.0. The van der Waals surface area contributed by atoms with E-state index in [4.69, 9.17) is 26.2 Å². The predicted octanol–water partition coefficient (Wildman–Crippen LogP) is 7.50. The molecular formula is C33H34ClNO6. The zero-order chi connectivity index (χ0) is 29.2. The quantitative estimate of drug-likeness (QED) is 0.112. The van der Waals surface area contributed by atoms with Crippen molar-refractivity contribution in [3.05, 3.63) is 94.1 Å². The molecule has 8 heteroatoms. The standard InChI is InChI=1S/C33H34ClNO6/c1-23-10-17-29(34)30(20-23)41-19-3-2-18-40-27-15-12-24(13-16-27)11-14-25-6-4-8-28-26(7-5-9-31(36)37)21-35(33(25)28)22-32(38)39/h4,6,8,10-17,20-21H,2-3,5,7,9,18-19,22H2,1H3,(H,36,37)(H,38,39). The Labute approximate surface area is 244 Å². The average Bonchev–Trinajstić information content (AvgIpc) is 3.28. The molecule has 4 aromatic rings. The van der Waals surface area contributed by atoms with Gasteiger partial charge >= 0.3 is 11.9 Å². The Hall–Kier alpha value is -4.23. The van der Waals surface area contributed by atoms with E-state index >= 15 is 0 Å². The first kappa shape index (κ1) is 29.7. The summed E-state index contributed by atoms with van der Waals surface area (Å²) >= 11 is 6.17. The Morgan fingerprint density at radius 3 is 2.39 bits per heavy atom. The lowest BCUT2D eigenvalue weighted by atomic mass is 10.0. The number of ether oxygens (including phenoxy) is 2. The van der Waals surface area contributed by atoms with Gasteiger partial charge in [0.15, 0.2) is 0 Å². The van der Waals surface area contributed by atoms with Crippen LogP contribution in [0.15, 0.2) is 66.9 Å². The summed E-state index contributed by atoms with van der Waals surface area (Å²) in [5.74, 6) is -0.280. The van der Waals surface area contributed by atoms with E-state index < -0.39 is 11.9 Å². The van der Waals surface area contributed by atoms with Crippen LogP contribution in [0.5, 0.6) is 11.5 Å². The third-order valence-corrected chi connectivity index (χ3v) is 6.95. The Kier molecular flexibility index (Phi) is 10.5. The first-order valence-electron chi connectivity index (χ1n) is 13.6. The molecule has 0 atom stereocenters. The van der Waals surface area contributed by atoms with E-state index in [9.17, 15) is 14.7 Å². The van der Waals surface area contributed by atoms with E-state index in [0.29, 0.717) is 36.8 Å². The van der Waals surface area contributed by atoms with Crippen molar-refractivity contribution in [2.75, 3.05) is 13.2 Å². The van der Waals surface area contributed by atoms with Crippen LogP contribution >= 0.6 is 11.6 Å².